The Morgan fingerprint density at radius 3 is 1.93 bits per heavy atom. The molecule has 0 spiro atoms. The van der Waals surface area contributed by atoms with Crippen molar-refractivity contribution in [1.29, 1.82) is 0 Å². The highest BCUT2D eigenvalue weighted by molar-refractivity contribution is 5.75. The van der Waals surface area contributed by atoms with Crippen molar-refractivity contribution in [3.05, 3.63) is 79.9 Å². The van der Waals surface area contributed by atoms with Gasteiger partial charge in [0.2, 0.25) is 0 Å². The summed E-state index contributed by atoms with van der Waals surface area (Å²) in [6.07, 6.45) is -0.722. The summed E-state index contributed by atoms with van der Waals surface area (Å²) < 4.78 is 5.24. The lowest BCUT2D eigenvalue weighted by molar-refractivity contribution is -0.385. The van der Waals surface area contributed by atoms with Gasteiger partial charge < -0.3 is 4.74 Å². The van der Waals surface area contributed by atoms with Gasteiger partial charge in [0, 0.05) is 31.3 Å². The molecule has 1 aliphatic heterocycles. The van der Waals surface area contributed by atoms with Crippen molar-refractivity contribution in [1.82, 2.24) is 5.06 Å². The van der Waals surface area contributed by atoms with Gasteiger partial charge in [-0.05, 0) is 30.2 Å². The average Bonchev–Trinajstić information content (AvgIpc) is 3.05. The number of hydrogen-bond donors (Lipinski definition) is 0. The van der Waals surface area contributed by atoms with Gasteiger partial charge in [0.05, 0.1) is 22.5 Å². The first-order chi connectivity index (χ1) is 13.8. The molecular formula is C19H19N3O7. The van der Waals surface area contributed by atoms with Gasteiger partial charge in [-0.25, -0.2) is 0 Å². The molecule has 2 aromatic rings. The Balaban J connectivity index is 1.98. The molecule has 10 nitrogen and oxygen atoms in total. The van der Waals surface area contributed by atoms with Crippen molar-refractivity contribution in [2.24, 2.45) is 5.92 Å². The Morgan fingerprint density at radius 2 is 1.48 bits per heavy atom. The molecule has 0 bridgehead atoms. The van der Waals surface area contributed by atoms with E-state index >= 15 is 0 Å². The topological polar surface area (TPSA) is 125 Å². The summed E-state index contributed by atoms with van der Waals surface area (Å²) in [5.74, 6) is -1.24. The minimum absolute atomic E-state index is 0.0603. The van der Waals surface area contributed by atoms with E-state index in [2.05, 4.69) is 0 Å². The minimum Gasteiger partial charge on any atom is -0.466 e. The van der Waals surface area contributed by atoms with Crippen LogP contribution in [0.2, 0.25) is 0 Å². The number of ether oxygens (including phenoxy) is 1. The van der Waals surface area contributed by atoms with Gasteiger partial charge in [0.15, 0.2) is 0 Å². The Morgan fingerprint density at radius 1 is 1.00 bits per heavy atom. The predicted octanol–water partition coefficient (Wildman–Crippen LogP) is 3.34. The lowest BCUT2D eigenvalue weighted by atomic mass is 9.86. The van der Waals surface area contributed by atoms with E-state index < -0.39 is 33.9 Å². The molecule has 152 valence electrons. The van der Waals surface area contributed by atoms with Crippen molar-refractivity contribution in [2.45, 2.75) is 19.1 Å². The average molecular weight is 401 g/mol. The number of esters is 1. The number of non-ortho nitro benzene ring substituents is 2. The Kier molecular flexibility index (Phi) is 5.85. The molecule has 2 aromatic carbocycles. The van der Waals surface area contributed by atoms with E-state index in [0.717, 1.165) is 0 Å². The first-order valence-corrected chi connectivity index (χ1v) is 8.88. The van der Waals surface area contributed by atoms with Crippen LogP contribution in [-0.4, -0.2) is 34.5 Å². The van der Waals surface area contributed by atoms with Crippen LogP contribution in [0.4, 0.5) is 11.4 Å². The number of carbonyl (C=O) groups is 1. The highest BCUT2D eigenvalue weighted by Gasteiger charge is 2.48. The van der Waals surface area contributed by atoms with E-state index in [1.54, 1.807) is 38.2 Å². The van der Waals surface area contributed by atoms with Crippen LogP contribution in [0, 0.1) is 26.1 Å². The van der Waals surface area contributed by atoms with Crippen LogP contribution >= 0.6 is 0 Å². The van der Waals surface area contributed by atoms with E-state index in [4.69, 9.17) is 9.57 Å². The molecule has 3 rings (SSSR count). The van der Waals surface area contributed by atoms with Crippen LogP contribution in [0.1, 0.15) is 30.2 Å². The second-order valence-corrected chi connectivity index (χ2v) is 6.49. The Labute approximate surface area is 165 Å². The van der Waals surface area contributed by atoms with E-state index in [-0.39, 0.29) is 18.0 Å². The molecule has 1 saturated heterocycles. The van der Waals surface area contributed by atoms with E-state index in [1.165, 1.54) is 29.3 Å². The monoisotopic (exact) mass is 401 g/mol. The van der Waals surface area contributed by atoms with Crippen LogP contribution in [-0.2, 0) is 14.4 Å². The first kappa shape index (κ1) is 20.4. The number of nitro groups is 2. The quantitative estimate of drug-likeness (QED) is 0.410. The molecular weight excluding hydrogens is 382 g/mol. The van der Waals surface area contributed by atoms with Gasteiger partial charge in [-0.3, -0.25) is 29.9 Å². The van der Waals surface area contributed by atoms with Crippen LogP contribution in [0.3, 0.4) is 0 Å². The summed E-state index contributed by atoms with van der Waals surface area (Å²) in [7, 11) is 1.66. The molecule has 0 aliphatic carbocycles. The van der Waals surface area contributed by atoms with Crippen LogP contribution in [0.15, 0.2) is 48.5 Å². The summed E-state index contributed by atoms with van der Waals surface area (Å²) in [5.41, 5.74) is 1.11. The zero-order chi connectivity index (χ0) is 21.1. The summed E-state index contributed by atoms with van der Waals surface area (Å²) in [5, 5.41) is 23.3. The molecule has 1 fully saturated rings. The fraction of sp³-hybridized carbons (Fsp3) is 0.316. The molecule has 1 heterocycles. The highest BCUT2D eigenvalue weighted by Crippen LogP contribution is 2.47. The summed E-state index contributed by atoms with van der Waals surface area (Å²) in [6, 6.07) is 11.1. The maximum absolute atomic E-state index is 12.8. The Bertz CT molecular complexity index is 914. The summed E-state index contributed by atoms with van der Waals surface area (Å²) >= 11 is 0. The zero-order valence-corrected chi connectivity index (χ0v) is 15.8. The van der Waals surface area contributed by atoms with E-state index in [9.17, 15) is 25.0 Å². The third kappa shape index (κ3) is 4.08. The molecule has 10 heteroatoms. The highest BCUT2D eigenvalue weighted by atomic mass is 16.7. The summed E-state index contributed by atoms with van der Waals surface area (Å²) in [6.45, 7) is 1.87. The second kappa shape index (κ2) is 8.33. The first-order valence-electron chi connectivity index (χ1n) is 8.88. The van der Waals surface area contributed by atoms with Crippen LogP contribution in [0.5, 0.6) is 0 Å². The number of rotatable bonds is 6. The van der Waals surface area contributed by atoms with Gasteiger partial charge in [-0.1, -0.05) is 12.1 Å². The fourth-order valence-electron chi connectivity index (χ4n) is 3.46. The van der Waals surface area contributed by atoms with Gasteiger partial charge in [-0.2, -0.15) is 5.06 Å². The molecule has 0 unspecified atom stereocenters. The standard InChI is InChI=1S/C19H19N3O7/c1-3-28-19(23)16-17(12-4-8-14(9-5-12)21(24)25)20(2)29-18(16)13-6-10-15(11-7-13)22(26)27/h4-11,16-18H,3H2,1-2H3/t16-,17-,18+/m1/s1. The predicted molar refractivity (Wildman–Crippen MR) is 101 cm³/mol. The molecule has 0 amide bonds. The molecule has 3 atom stereocenters. The van der Waals surface area contributed by atoms with Gasteiger partial charge in [-0.15, -0.1) is 0 Å². The normalized spacial score (nSPS) is 21.7. The van der Waals surface area contributed by atoms with Crippen LogP contribution < -0.4 is 0 Å². The van der Waals surface area contributed by atoms with Crippen molar-refractivity contribution in [2.75, 3.05) is 13.7 Å². The number of nitrogens with zero attached hydrogens (tertiary/aromatic N) is 3. The van der Waals surface area contributed by atoms with Gasteiger partial charge >= 0.3 is 5.97 Å². The third-order valence-corrected chi connectivity index (χ3v) is 4.77. The lowest BCUT2D eigenvalue weighted by Crippen LogP contribution is -2.28. The molecule has 0 N–H and O–H groups in total. The van der Waals surface area contributed by atoms with Crippen molar-refractivity contribution in [3.63, 3.8) is 0 Å². The number of hydrogen-bond acceptors (Lipinski definition) is 8. The van der Waals surface area contributed by atoms with Gasteiger partial charge in [0.1, 0.15) is 12.0 Å². The van der Waals surface area contributed by atoms with Crippen molar-refractivity contribution in [3.8, 4) is 0 Å². The van der Waals surface area contributed by atoms with E-state index in [0.29, 0.717) is 11.1 Å². The number of hydroxylamine groups is 2. The van der Waals surface area contributed by atoms with E-state index in [1.807, 2.05) is 0 Å². The summed E-state index contributed by atoms with van der Waals surface area (Å²) in [4.78, 5) is 39.5. The molecule has 0 radical (unpaired) electrons. The lowest BCUT2D eigenvalue weighted by Gasteiger charge is -2.22. The maximum Gasteiger partial charge on any atom is 0.314 e. The largest absolute Gasteiger partial charge is 0.466 e. The van der Waals surface area contributed by atoms with Gasteiger partial charge in [0.25, 0.3) is 11.4 Å². The SMILES string of the molecule is CCOC(=O)[C@@H]1[C@@H](c2ccc([N+](=O)[O-])cc2)N(C)O[C@H]1c1ccc([N+](=O)[O-])cc1. The molecule has 1 aliphatic rings. The number of nitro benzene ring substituents is 2. The third-order valence-electron chi connectivity index (χ3n) is 4.77. The molecule has 0 saturated carbocycles. The second-order valence-electron chi connectivity index (χ2n) is 6.49. The molecule has 29 heavy (non-hydrogen) atoms. The zero-order valence-electron chi connectivity index (χ0n) is 15.8. The maximum atomic E-state index is 12.8. The number of benzene rings is 2. The number of carbonyl (C=O) groups excluding carboxylic acids is 1. The smallest absolute Gasteiger partial charge is 0.314 e. The van der Waals surface area contributed by atoms with Crippen molar-refractivity contribution < 1.29 is 24.2 Å². The van der Waals surface area contributed by atoms with Crippen LogP contribution in [0.25, 0.3) is 0 Å². The van der Waals surface area contributed by atoms with Crippen molar-refractivity contribution >= 4 is 17.3 Å². The Hall–Kier alpha value is -3.37. The minimum atomic E-state index is -0.761. The molecule has 0 aromatic heterocycles. The fourth-order valence-corrected chi connectivity index (χ4v) is 3.46.